The number of imidazole rings is 1. The smallest absolute Gasteiger partial charge is 0.335 e. The number of H-pyrrole nitrogens is 1. The van der Waals surface area contributed by atoms with E-state index < -0.39 is 5.97 Å². The predicted molar refractivity (Wildman–Crippen MR) is 122 cm³/mol. The number of carboxylic acid groups (broad SMARTS) is 1. The summed E-state index contributed by atoms with van der Waals surface area (Å²) in [5, 5.41) is 11.4. The minimum absolute atomic E-state index is 0.0585. The summed E-state index contributed by atoms with van der Waals surface area (Å²) in [5.41, 5.74) is 3.56. The van der Waals surface area contributed by atoms with Crippen molar-refractivity contribution < 1.29 is 14.7 Å². The number of aromatic carboxylic acids is 1. The van der Waals surface area contributed by atoms with Crippen molar-refractivity contribution in [3.05, 3.63) is 95.6 Å². The summed E-state index contributed by atoms with van der Waals surface area (Å²) in [6.45, 7) is 2.08. The van der Waals surface area contributed by atoms with Gasteiger partial charge in [-0.3, -0.25) is 4.79 Å². The van der Waals surface area contributed by atoms with Gasteiger partial charge in [0.1, 0.15) is 0 Å². The lowest BCUT2D eigenvalue weighted by Crippen LogP contribution is -2.35. The lowest BCUT2D eigenvalue weighted by atomic mass is 10.0. The Hall–Kier alpha value is -4.13. The minimum atomic E-state index is -0.982. The zero-order chi connectivity index (χ0) is 22.1. The van der Waals surface area contributed by atoms with E-state index in [0.717, 1.165) is 27.7 Å². The van der Waals surface area contributed by atoms with Crippen LogP contribution in [0.1, 0.15) is 32.0 Å². The predicted octanol–water partition coefficient (Wildman–Crippen LogP) is 3.92. The number of benzene rings is 3. The standard InChI is InChI=1S/C25H22N4O3/c30-24(22-7-3-5-17-4-1-2-6-21(17)22)29-11-10-28(15-20-13-26-16-27-20)23-9-8-18(25(31)32)12-19(23)14-29/h1-9,12-13,16H,10-11,14-15H2,(H,26,27)(H,31,32). The Morgan fingerprint density at radius 2 is 1.88 bits per heavy atom. The number of nitrogens with zero attached hydrogens (tertiary/aromatic N) is 3. The van der Waals surface area contributed by atoms with E-state index >= 15 is 0 Å². The van der Waals surface area contributed by atoms with Gasteiger partial charge in [-0.1, -0.05) is 36.4 Å². The topological polar surface area (TPSA) is 89.5 Å². The molecule has 2 N–H and O–H groups in total. The second-order valence-corrected chi connectivity index (χ2v) is 7.90. The van der Waals surface area contributed by atoms with Crippen molar-refractivity contribution in [2.75, 3.05) is 18.0 Å². The maximum Gasteiger partial charge on any atom is 0.335 e. The fourth-order valence-electron chi connectivity index (χ4n) is 4.30. The van der Waals surface area contributed by atoms with E-state index in [1.807, 2.05) is 48.5 Å². The summed E-state index contributed by atoms with van der Waals surface area (Å²) >= 11 is 0. The van der Waals surface area contributed by atoms with Gasteiger partial charge in [0.15, 0.2) is 0 Å². The summed E-state index contributed by atoms with van der Waals surface area (Å²) in [7, 11) is 0. The molecule has 1 aliphatic heterocycles. The molecule has 0 bridgehead atoms. The molecule has 0 fully saturated rings. The van der Waals surface area contributed by atoms with Crippen LogP contribution in [0.25, 0.3) is 10.8 Å². The molecule has 160 valence electrons. The summed E-state index contributed by atoms with van der Waals surface area (Å²) in [5.74, 6) is -1.04. The molecule has 5 rings (SSSR count). The second kappa shape index (κ2) is 8.19. The van der Waals surface area contributed by atoms with Crippen LogP contribution in [-0.2, 0) is 13.1 Å². The average Bonchev–Trinajstić information content (AvgIpc) is 3.26. The Bertz CT molecular complexity index is 1290. The number of hydrogen-bond donors (Lipinski definition) is 2. The molecule has 32 heavy (non-hydrogen) atoms. The molecule has 0 radical (unpaired) electrons. The van der Waals surface area contributed by atoms with Gasteiger partial charge in [-0.2, -0.15) is 0 Å². The van der Waals surface area contributed by atoms with Gasteiger partial charge >= 0.3 is 5.97 Å². The number of hydrogen-bond acceptors (Lipinski definition) is 4. The van der Waals surface area contributed by atoms with Crippen LogP contribution >= 0.6 is 0 Å². The number of carbonyl (C=O) groups excluding carboxylic acids is 1. The Kier molecular flexibility index (Phi) is 5.07. The van der Waals surface area contributed by atoms with Crippen molar-refractivity contribution in [3.63, 3.8) is 0 Å². The quantitative estimate of drug-likeness (QED) is 0.516. The van der Waals surface area contributed by atoms with E-state index in [-0.39, 0.29) is 11.5 Å². The molecule has 0 saturated heterocycles. The minimum Gasteiger partial charge on any atom is -0.478 e. The lowest BCUT2D eigenvalue weighted by Gasteiger charge is -2.24. The number of aromatic amines is 1. The highest BCUT2D eigenvalue weighted by molar-refractivity contribution is 6.07. The SMILES string of the molecule is O=C(O)c1ccc2c(c1)CN(C(=O)c1cccc3ccccc13)CCN2Cc1cnc[nH]1. The van der Waals surface area contributed by atoms with Crippen molar-refractivity contribution in [3.8, 4) is 0 Å². The molecular formula is C25H22N4O3. The van der Waals surface area contributed by atoms with Gasteiger partial charge in [0, 0.05) is 37.1 Å². The van der Waals surface area contributed by atoms with Crippen LogP contribution in [0.5, 0.6) is 0 Å². The largest absolute Gasteiger partial charge is 0.478 e. The molecule has 7 nitrogen and oxygen atoms in total. The van der Waals surface area contributed by atoms with Crippen LogP contribution in [-0.4, -0.2) is 44.9 Å². The molecular weight excluding hydrogens is 404 g/mol. The Morgan fingerprint density at radius 1 is 1.03 bits per heavy atom. The fourth-order valence-corrected chi connectivity index (χ4v) is 4.30. The molecule has 1 aliphatic rings. The van der Waals surface area contributed by atoms with E-state index in [9.17, 15) is 14.7 Å². The third kappa shape index (κ3) is 3.69. The molecule has 4 aromatic rings. The van der Waals surface area contributed by atoms with Gasteiger partial charge in [0.05, 0.1) is 24.1 Å². The Morgan fingerprint density at radius 3 is 2.69 bits per heavy atom. The number of carboxylic acids is 1. The summed E-state index contributed by atoms with van der Waals surface area (Å²) < 4.78 is 0. The van der Waals surface area contributed by atoms with E-state index in [0.29, 0.717) is 31.7 Å². The molecule has 3 aromatic carbocycles. The summed E-state index contributed by atoms with van der Waals surface area (Å²) in [6.07, 6.45) is 3.41. The number of rotatable bonds is 4. The van der Waals surface area contributed by atoms with Gasteiger partial charge in [-0.25, -0.2) is 9.78 Å². The normalized spacial score (nSPS) is 13.6. The fraction of sp³-hybridized carbons (Fsp3) is 0.160. The Labute approximate surface area is 184 Å². The molecule has 2 heterocycles. The first kappa shape index (κ1) is 19.8. The zero-order valence-electron chi connectivity index (χ0n) is 17.4. The van der Waals surface area contributed by atoms with Crippen molar-refractivity contribution in [2.45, 2.75) is 13.1 Å². The number of amides is 1. The van der Waals surface area contributed by atoms with Crippen LogP contribution in [0.15, 0.2) is 73.2 Å². The third-order valence-electron chi connectivity index (χ3n) is 5.89. The van der Waals surface area contributed by atoms with Crippen LogP contribution in [0, 0.1) is 0 Å². The van der Waals surface area contributed by atoms with Crippen LogP contribution in [0.3, 0.4) is 0 Å². The summed E-state index contributed by atoms with van der Waals surface area (Å²) in [6, 6.07) is 18.7. The average molecular weight is 426 g/mol. The highest BCUT2D eigenvalue weighted by atomic mass is 16.4. The molecule has 1 aromatic heterocycles. The number of anilines is 1. The second-order valence-electron chi connectivity index (χ2n) is 7.90. The first-order valence-electron chi connectivity index (χ1n) is 10.5. The molecule has 0 aliphatic carbocycles. The number of aromatic nitrogens is 2. The summed E-state index contributed by atoms with van der Waals surface area (Å²) in [4.78, 5) is 36.4. The highest BCUT2D eigenvalue weighted by Crippen LogP contribution is 2.29. The molecule has 0 atom stereocenters. The van der Waals surface area contributed by atoms with Crippen LogP contribution < -0.4 is 4.90 Å². The molecule has 0 saturated carbocycles. The molecule has 0 spiro atoms. The maximum atomic E-state index is 13.6. The molecule has 7 heteroatoms. The van der Waals surface area contributed by atoms with Gasteiger partial charge in [-0.15, -0.1) is 0 Å². The van der Waals surface area contributed by atoms with E-state index in [2.05, 4.69) is 14.9 Å². The van der Waals surface area contributed by atoms with Gasteiger partial charge in [-0.05, 0) is 40.6 Å². The Balaban J connectivity index is 1.52. The highest BCUT2D eigenvalue weighted by Gasteiger charge is 2.26. The first-order valence-corrected chi connectivity index (χ1v) is 10.5. The van der Waals surface area contributed by atoms with Crippen molar-refractivity contribution in [2.24, 2.45) is 0 Å². The van der Waals surface area contributed by atoms with Gasteiger partial charge < -0.3 is 19.9 Å². The lowest BCUT2D eigenvalue weighted by molar-refractivity contribution is 0.0696. The maximum absolute atomic E-state index is 13.6. The first-order chi connectivity index (χ1) is 15.6. The molecule has 1 amide bonds. The van der Waals surface area contributed by atoms with Crippen LogP contribution in [0.2, 0.25) is 0 Å². The van der Waals surface area contributed by atoms with E-state index in [1.165, 1.54) is 0 Å². The van der Waals surface area contributed by atoms with Crippen LogP contribution in [0.4, 0.5) is 5.69 Å². The third-order valence-corrected chi connectivity index (χ3v) is 5.89. The zero-order valence-corrected chi connectivity index (χ0v) is 17.4. The number of carbonyl (C=O) groups is 2. The number of fused-ring (bicyclic) bond motifs is 2. The van der Waals surface area contributed by atoms with Crippen molar-refractivity contribution in [1.82, 2.24) is 14.9 Å². The van der Waals surface area contributed by atoms with Gasteiger partial charge in [0.25, 0.3) is 5.91 Å². The van der Waals surface area contributed by atoms with E-state index in [1.54, 1.807) is 29.6 Å². The van der Waals surface area contributed by atoms with Crippen molar-refractivity contribution >= 4 is 28.3 Å². The van der Waals surface area contributed by atoms with Gasteiger partial charge in [0.2, 0.25) is 0 Å². The van der Waals surface area contributed by atoms with E-state index in [4.69, 9.17) is 0 Å². The number of nitrogens with one attached hydrogen (secondary N) is 1. The molecule has 0 unspecified atom stereocenters. The van der Waals surface area contributed by atoms with Crippen molar-refractivity contribution in [1.29, 1.82) is 0 Å². The monoisotopic (exact) mass is 426 g/mol.